The van der Waals surface area contributed by atoms with E-state index in [9.17, 15) is 5.11 Å². The summed E-state index contributed by atoms with van der Waals surface area (Å²) in [5.74, 6) is 2.53. The first-order valence-corrected chi connectivity index (χ1v) is 8.05. The number of aliphatic hydroxyl groups excluding tert-OH is 1. The van der Waals surface area contributed by atoms with Gasteiger partial charge in [0, 0.05) is 17.7 Å². The maximum Gasteiger partial charge on any atom is 0.130 e. The predicted molar refractivity (Wildman–Crippen MR) is 83.7 cm³/mol. The number of fused-ring (bicyclic) bond motifs is 3. The fraction of sp³-hybridized carbons (Fsp3) is 0.647. The van der Waals surface area contributed by atoms with Crippen molar-refractivity contribution >= 4 is 0 Å². The van der Waals surface area contributed by atoms with Gasteiger partial charge in [-0.05, 0) is 31.7 Å². The van der Waals surface area contributed by atoms with Crippen molar-refractivity contribution in [1.82, 2.24) is 0 Å². The summed E-state index contributed by atoms with van der Waals surface area (Å²) in [6.45, 7) is 3.37. The molecule has 1 fully saturated rings. The first kappa shape index (κ1) is 15.4. The first-order chi connectivity index (χ1) is 10.7. The Morgan fingerprint density at radius 1 is 1.36 bits per heavy atom. The average molecular weight is 307 g/mol. The van der Waals surface area contributed by atoms with Crippen LogP contribution in [-0.4, -0.2) is 37.6 Å². The minimum atomic E-state index is -0.378. The van der Waals surface area contributed by atoms with Gasteiger partial charge in [0.25, 0.3) is 0 Å². The molecule has 3 N–H and O–H groups in total. The molecule has 1 aromatic rings. The van der Waals surface area contributed by atoms with Crippen molar-refractivity contribution in [2.75, 3.05) is 20.3 Å². The average Bonchev–Trinajstić information content (AvgIpc) is 2.99. The number of aliphatic hydroxyl groups is 1. The van der Waals surface area contributed by atoms with Crippen molar-refractivity contribution in [1.29, 1.82) is 0 Å². The SMILES string of the molecule is COc1cc(OCCCCN)cc2c1C1C(CC(C)C1O)O2. The van der Waals surface area contributed by atoms with Crippen LogP contribution in [0.5, 0.6) is 17.2 Å². The lowest BCUT2D eigenvalue weighted by Crippen LogP contribution is -2.20. The van der Waals surface area contributed by atoms with E-state index < -0.39 is 0 Å². The number of hydrogen-bond donors (Lipinski definition) is 2. The molecule has 1 saturated carbocycles. The Labute approximate surface area is 131 Å². The van der Waals surface area contributed by atoms with Gasteiger partial charge in [-0.1, -0.05) is 6.92 Å². The first-order valence-electron chi connectivity index (χ1n) is 8.05. The van der Waals surface area contributed by atoms with E-state index in [1.807, 2.05) is 12.1 Å². The van der Waals surface area contributed by atoms with Crippen molar-refractivity contribution in [3.8, 4) is 17.2 Å². The quantitative estimate of drug-likeness (QED) is 0.787. The van der Waals surface area contributed by atoms with Gasteiger partial charge in [0.15, 0.2) is 0 Å². The van der Waals surface area contributed by atoms with Crippen molar-refractivity contribution < 1.29 is 19.3 Å². The predicted octanol–water partition coefficient (Wildman–Crippen LogP) is 2.06. The van der Waals surface area contributed by atoms with Gasteiger partial charge in [0.1, 0.15) is 23.4 Å². The highest BCUT2D eigenvalue weighted by molar-refractivity contribution is 5.56. The lowest BCUT2D eigenvalue weighted by molar-refractivity contribution is 0.117. The molecule has 0 bridgehead atoms. The molecule has 22 heavy (non-hydrogen) atoms. The fourth-order valence-electron chi connectivity index (χ4n) is 3.56. The standard InChI is InChI=1S/C17H25NO4/c1-10-7-13-16(17(10)19)15-12(20-2)8-11(9-14(15)22-13)21-6-4-3-5-18/h8-10,13,16-17,19H,3-7,18H2,1-2H3. The molecule has 0 amide bonds. The zero-order valence-corrected chi connectivity index (χ0v) is 13.2. The topological polar surface area (TPSA) is 73.9 Å². The van der Waals surface area contributed by atoms with Gasteiger partial charge >= 0.3 is 0 Å². The van der Waals surface area contributed by atoms with Crippen LogP contribution >= 0.6 is 0 Å². The molecule has 122 valence electrons. The molecule has 4 atom stereocenters. The maximum atomic E-state index is 10.4. The third-order valence-electron chi connectivity index (χ3n) is 4.73. The van der Waals surface area contributed by atoms with Crippen molar-refractivity contribution in [2.45, 2.75) is 44.3 Å². The summed E-state index contributed by atoms with van der Waals surface area (Å²) in [4.78, 5) is 0. The third kappa shape index (κ3) is 2.63. The molecule has 0 spiro atoms. The number of benzene rings is 1. The van der Waals surface area contributed by atoms with Crippen LogP contribution < -0.4 is 19.9 Å². The molecule has 3 rings (SSSR count). The number of rotatable bonds is 6. The third-order valence-corrected chi connectivity index (χ3v) is 4.73. The lowest BCUT2D eigenvalue weighted by atomic mass is 9.93. The minimum absolute atomic E-state index is 0.00578. The second-order valence-electron chi connectivity index (χ2n) is 6.27. The summed E-state index contributed by atoms with van der Waals surface area (Å²) in [6, 6.07) is 3.80. The van der Waals surface area contributed by atoms with E-state index in [1.165, 1.54) is 0 Å². The Morgan fingerprint density at radius 3 is 2.91 bits per heavy atom. The van der Waals surface area contributed by atoms with Crippen molar-refractivity contribution in [3.05, 3.63) is 17.7 Å². The van der Waals surface area contributed by atoms with Gasteiger partial charge in [-0.15, -0.1) is 0 Å². The van der Waals surface area contributed by atoms with E-state index >= 15 is 0 Å². The van der Waals surface area contributed by atoms with Gasteiger partial charge in [-0.3, -0.25) is 0 Å². The maximum absolute atomic E-state index is 10.4. The van der Waals surface area contributed by atoms with Gasteiger partial charge in [0.05, 0.1) is 25.7 Å². The van der Waals surface area contributed by atoms with Crippen molar-refractivity contribution in [3.63, 3.8) is 0 Å². The molecule has 5 nitrogen and oxygen atoms in total. The molecule has 4 unspecified atom stereocenters. The number of ether oxygens (including phenoxy) is 3. The molecule has 0 aromatic heterocycles. The Kier molecular flexibility index (Phi) is 4.45. The van der Waals surface area contributed by atoms with Gasteiger partial charge in [0.2, 0.25) is 0 Å². The molecular weight excluding hydrogens is 282 g/mol. The van der Waals surface area contributed by atoms with E-state index in [2.05, 4.69) is 6.92 Å². The zero-order chi connectivity index (χ0) is 15.7. The summed E-state index contributed by atoms with van der Waals surface area (Å²) in [5.41, 5.74) is 6.47. The summed E-state index contributed by atoms with van der Waals surface area (Å²) in [5, 5.41) is 10.4. The van der Waals surface area contributed by atoms with E-state index in [-0.39, 0.29) is 24.0 Å². The number of unbranched alkanes of at least 4 members (excludes halogenated alkanes) is 1. The normalized spacial score (nSPS) is 28.9. The van der Waals surface area contributed by atoms with Crippen LogP contribution in [0.25, 0.3) is 0 Å². The molecule has 1 aliphatic heterocycles. The van der Waals surface area contributed by atoms with Crippen LogP contribution in [-0.2, 0) is 0 Å². The molecule has 0 saturated heterocycles. The lowest BCUT2D eigenvalue weighted by Gasteiger charge is -2.18. The molecular formula is C17H25NO4. The van der Waals surface area contributed by atoms with Crippen LogP contribution in [0.4, 0.5) is 0 Å². The second-order valence-corrected chi connectivity index (χ2v) is 6.27. The summed E-state index contributed by atoms with van der Waals surface area (Å²) < 4.78 is 17.3. The molecule has 2 aliphatic rings. The van der Waals surface area contributed by atoms with Crippen LogP contribution in [0, 0.1) is 5.92 Å². The Balaban J connectivity index is 1.81. The highest BCUT2D eigenvalue weighted by Gasteiger charge is 2.49. The largest absolute Gasteiger partial charge is 0.496 e. The molecule has 1 aromatic carbocycles. The van der Waals surface area contributed by atoms with Gasteiger partial charge < -0.3 is 25.1 Å². The Hall–Kier alpha value is -1.46. The highest BCUT2D eigenvalue weighted by atomic mass is 16.5. The highest BCUT2D eigenvalue weighted by Crippen LogP contribution is 2.53. The monoisotopic (exact) mass is 307 g/mol. The minimum Gasteiger partial charge on any atom is -0.496 e. The molecule has 1 aliphatic carbocycles. The van der Waals surface area contributed by atoms with Crippen LogP contribution in [0.3, 0.4) is 0 Å². The summed E-state index contributed by atoms with van der Waals surface area (Å²) >= 11 is 0. The molecule has 5 heteroatoms. The van der Waals surface area contributed by atoms with Crippen molar-refractivity contribution in [2.24, 2.45) is 11.7 Å². The Bertz CT molecular complexity index is 534. The molecule has 0 radical (unpaired) electrons. The summed E-state index contributed by atoms with van der Waals surface area (Å²) in [6.07, 6.45) is 2.42. The number of hydrogen-bond acceptors (Lipinski definition) is 5. The number of nitrogens with two attached hydrogens (primary N) is 1. The summed E-state index contributed by atoms with van der Waals surface area (Å²) in [7, 11) is 1.64. The van der Waals surface area contributed by atoms with Crippen LogP contribution in [0.1, 0.15) is 37.7 Å². The second kappa shape index (κ2) is 6.34. The van der Waals surface area contributed by atoms with E-state index in [1.54, 1.807) is 7.11 Å². The smallest absolute Gasteiger partial charge is 0.130 e. The van der Waals surface area contributed by atoms with Gasteiger partial charge in [-0.25, -0.2) is 0 Å². The van der Waals surface area contributed by atoms with Gasteiger partial charge in [-0.2, -0.15) is 0 Å². The van der Waals surface area contributed by atoms with Crippen LogP contribution in [0.15, 0.2) is 12.1 Å². The van der Waals surface area contributed by atoms with Crippen LogP contribution in [0.2, 0.25) is 0 Å². The fourth-order valence-corrected chi connectivity index (χ4v) is 3.56. The van der Waals surface area contributed by atoms with E-state index in [0.717, 1.165) is 42.1 Å². The zero-order valence-electron chi connectivity index (χ0n) is 13.2. The Morgan fingerprint density at radius 2 is 2.18 bits per heavy atom. The number of methoxy groups -OCH3 is 1. The van der Waals surface area contributed by atoms with E-state index in [0.29, 0.717) is 13.2 Å². The van der Waals surface area contributed by atoms with E-state index in [4.69, 9.17) is 19.9 Å². The molecule has 1 heterocycles.